The Balaban J connectivity index is 1.61. The van der Waals surface area contributed by atoms with E-state index in [9.17, 15) is 18.8 Å². The van der Waals surface area contributed by atoms with E-state index in [1.807, 2.05) is 19.2 Å². The molecule has 4 heterocycles. The number of nitrogens with zero attached hydrogens (tertiary/aromatic N) is 1. The minimum atomic E-state index is -1.31. The minimum Gasteiger partial charge on any atom is -0.376 e. The highest BCUT2D eigenvalue weighted by molar-refractivity contribution is 6.13. The number of benzene rings is 1. The summed E-state index contributed by atoms with van der Waals surface area (Å²) in [4.78, 5) is 41.4. The summed E-state index contributed by atoms with van der Waals surface area (Å²) in [5.41, 5.74) is -0.343. The highest BCUT2D eigenvalue weighted by Crippen LogP contribution is 2.50. The molecule has 4 aliphatic heterocycles. The third-order valence-electron chi connectivity index (χ3n) is 7.03. The van der Waals surface area contributed by atoms with Crippen LogP contribution in [0.5, 0.6) is 0 Å². The maximum Gasteiger partial charge on any atom is 0.291 e. The van der Waals surface area contributed by atoms with Crippen LogP contribution in [-0.2, 0) is 24.7 Å². The van der Waals surface area contributed by atoms with Crippen molar-refractivity contribution in [3.63, 3.8) is 0 Å². The van der Waals surface area contributed by atoms with Crippen LogP contribution in [0, 0.1) is 23.6 Å². The van der Waals surface area contributed by atoms with Gasteiger partial charge in [-0.3, -0.25) is 19.3 Å². The summed E-state index contributed by atoms with van der Waals surface area (Å²) in [5, 5.41) is 4.65. The zero-order valence-electron chi connectivity index (χ0n) is 16.5. The molecule has 0 aromatic heterocycles. The van der Waals surface area contributed by atoms with Gasteiger partial charge < -0.3 is 15.4 Å². The van der Waals surface area contributed by atoms with Crippen LogP contribution >= 0.6 is 0 Å². The Bertz CT molecular complexity index is 913. The van der Waals surface area contributed by atoms with Crippen molar-refractivity contribution in [2.45, 2.75) is 44.4 Å². The lowest BCUT2D eigenvalue weighted by molar-refractivity contribution is -0.738. The number of nitrogens with one attached hydrogen (secondary N) is 1. The van der Waals surface area contributed by atoms with Crippen LogP contribution in [0.25, 0.3) is 0 Å². The van der Waals surface area contributed by atoms with Gasteiger partial charge in [0.1, 0.15) is 23.7 Å². The molecular weight excluding hydrogens is 377 g/mol. The summed E-state index contributed by atoms with van der Waals surface area (Å²) in [6, 6.07) is 3.89. The monoisotopic (exact) mass is 402 g/mol. The van der Waals surface area contributed by atoms with Crippen LogP contribution in [-0.4, -0.2) is 47.9 Å². The van der Waals surface area contributed by atoms with Crippen molar-refractivity contribution in [3.8, 4) is 0 Å². The molecule has 3 saturated heterocycles. The summed E-state index contributed by atoms with van der Waals surface area (Å²) in [6.45, 7) is 4.83. The molecule has 7 nitrogen and oxygen atoms in total. The fourth-order valence-electron chi connectivity index (χ4n) is 5.70. The number of fused-ring (bicyclic) bond motifs is 4. The van der Waals surface area contributed by atoms with Crippen molar-refractivity contribution < 1.29 is 28.8 Å². The quantitative estimate of drug-likeness (QED) is 0.714. The second kappa shape index (κ2) is 6.34. The van der Waals surface area contributed by atoms with Crippen molar-refractivity contribution in [1.82, 2.24) is 4.90 Å². The standard InChI is InChI=1S/C21H24FN3O4/c1-10(2)17-15-16(19(27)25(18(15)26)9-12-4-3-7-29-12)21(24-17)13-8-11(22)5-6-14(13)23-20(21)28/h5-6,8,10,12,15-17,24H,3-4,7,9H2,1-2H3,(H,23,28)/p+1/t12-,15+,16+,17-,21+/m0/s1. The van der Waals surface area contributed by atoms with Gasteiger partial charge in [-0.25, -0.2) is 4.39 Å². The first-order valence-electron chi connectivity index (χ1n) is 10.3. The molecule has 0 saturated carbocycles. The van der Waals surface area contributed by atoms with E-state index in [4.69, 9.17) is 4.74 Å². The molecule has 0 aliphatic carbocycles. The predicted octanol–water partition coefficient (Wildman–Crippen LogP) is 0.355. The molecule has 1 spiro atoms. The first kappa shape index (κ1) is 18.7. The topological polar surface area (TPSA) is 92.3 Å². The fraction of sp³-hybridized carbons (Fsp3) is 0.571. The number of amides is 3. The first-order chi connectivity index (χ1) is 13.8. The lowest BCUT2D eigenvalue weighted by Gasteiger charge is -2.28. The highest BCUT2D eigenvalue weighted by atomic mass is 19.1. The van der Waals surface area contributed by atoms with Crippen LogP contribution in [0.1, 0.15) is 32.3 Å². The van der Waals surface area contributed by atoms with Crippen LogP contribution in [0.2, 0.25) is 0 Å². The molecule has 4 aliphatic rings. The van der Waals surface area contributed by atoms with Crippen LogP contribution < -0.4 is 10.6 Å². The Morgan fingerprint density at radius 3 is 2.79 bits per heavy atom. The summed E-state index contributed by atoms with van der Waals surface area (Å²) < 4.78 is 19.7. The van der Waals surface area contributed by atoms with Crippen molar-refractivity contribution in [2.75, 3.05) is 18.5 Å². The summed E-state index contributed by atoms with van der Waals surface area (Å²) in [6.07, 6.45) is 1.57. The molecule has 0 radical (unpaired) electrons. The molecule has 5 atom stereocenters. The van der Waals surface area contributed by atoms with E-state index in [-0.39, 0.29) is 42.3 Å². The van der Waals surface area contributed by atoms with Gasteiger partial charge >= 0.3 is 0 Å². The lowest BCUT2D eigenvalue weighted by atomic mass is 9.76. The molecule has 154 valence electrons. The number of imide groups is 1. The molecule has 8 heteroatoms. The van der Waals surface area contributed by atoms with Crippen LogP contribution in [0.4, 0.5) is 10.1 Å². The van der Waals surface area contributed by atoms with Crippen molar-refractivity contribution >= 4 is 23.4 Å². The number of rotatable bonds is 3. The van der Waals surface area contributed by atoms with E-state index >= 15 is 0 Å². The third kappa shape index (κ3) is 2.45. The predicted molar refractivity (Wildman–Crippen MR) is 99.9 cm³/mol. The SMILES string of the molecule is CC(C)[C@@H]1[NH2+][C@@]2(C(=O)Nc3ccc(F)cc32)[C@H]2C(=O)N(C[C@@H]3CCCO3)C(=O)[C@@H]12. The van der Waals surface area contributed by atoms with Gasteiger partial charge in [-0.2, -0.15) is 0 Å². The number of nitrogens with two attached hydrogens (primary N) is 1. The number of carbonyl (C=O) groups excluding carboxylic acids is 3. The summed E-state index contributed by atoms with van der Waals surface area (Å²) in [5.74, 6) is -2.79. The maximum absolute atomic E-state index is 14.1. The van der Waals surface area contributed by atoms with E-state index in [2.05, 4.69) is 5.32 Å². The zero-order chi connectivity index (χ0) is 20.5. The largest absolute Gasteiger partial charge is 0.376 e. The van der Waals surface area contributed by atoms with Gasteiger partial charge in [-0.1, -0.05) is 13.8 Å². The number of likely N-dealkylation sites (tertiary alicyclic amines) is 1. The number of ether oxygens (including phenoxy) is 1. The van der Waals surface area contributed by atoms with Crippen molar-refractivity contribution in [2.24, 2.45) is 17.8 Å². The van der Waals surface area contributed by atoms with Gasteiger partial charge in [0, 0.05) is 18.1 Å². The zero-order valence-corrected chi connectivity index (χ0v) is 16.5. The molecule has 29 heavy (non-hydrogen) atoms. The normalized spacial score (nSPS) is 35.7. The van der Waals surface area contributed by atoms with Gasteiger partial charge in [0.2, 0.25) is 17.4 Å². The molecule has 0 unspecified atom stereocenters. The third-order valence-corrected chi connectivity index (χ3v) is 7.03. The second-order valence-corrected chi connectivity index (χ2v) is 8.93. The molecule has 0 bridgehead atoms. The van der Waals surface area contributed by atoms with Gasteiger partial charge in [0.25, 0.3) is 5.91 Å². The molecule has 1 aromatic carbocycles. The summed E-state index contributed by atoms with van der Waals surface area (Å²) >= 11 is 0. The van der Waals surface area contributed by atoms with Gasteiger partial charge in [-0.05, 0) is 31.0 Å². The number of hydrogen-bond acceptors (Lipinski definition) is 4. The highest BCUT2D eigenvalue weighted by Gasteiger charge is 2.74. The lowest BCUT2D eigenvalue weighted by Crippen LogP contribution is -2.99. The number of anilines is 1. The number of hydrogen-bond donors (Lipinski definition) is 2. The average molecular weight is 402 g/mol. The molecule has 3 amide bonds. The molecule has 3 N–H and O–H groups in total. The van der Waals surface area contributed by atoms with Crippen LogP contribution in [0.3, 0.4) is 0 Å². The molecule has 3 fully saturated rings. The van der Waals surface area contributed by atoms with E-state index < -0.39 is 23.2 Å². The molecule has 1 aromatic rings. The van der Waals surface area contributed by atoms with E-state index in [1.165, 1.54) is 23.1 Å². The average Bonchev–Trinajstić information content (AvgIpc) is 3.41. The van der Waals surface area contributed by atoms with Crippen molar-refractivity contribution in [3.05, 3.63) is 29.6 Å². The molecular formula is C21H25FN3O4+. The first-order valence-corrected chi connectivity index (χ1v) is 10.3. The van der Waals surface area contributed by atoms with E-state index in [0.717, 1.165) is 12.8 Å². The van der Waals surface area contributed by atoms with E-state index in [0.29, 0.717) is 17.9 Å². The molecule has 5 rings (SSSR count). The van der Waals surface area contributed by atoms with Crippen molar-refractivity contribution in [1.29, 1.82) is 0 Å². The van der Waals surface area contributed by atoms with E-state index in [1.54, 1.807) is 0 Å². The fourth-order valence-corrected chi connectivity index (χ4v) is 5.70. The Labute approximate surface area is 168 Å². The van der Waals surface area contributed by atoms with Crippen LogP contribution in [0.15, 0.2) is 18.2 Å². The number of quaternary nitrogens is 1. The Kier molecular flexibility index (Phi) is 4.08. The maximum atomic E-state index is 14.1. The van der Waals surface area contributed by atoms with Gasteiger partial charge in [0.15, 0.2) is 0 Å². The number of carbonyl (C=O) groups is 3. The Morgan fingerprint density at radius 1 is 1.31 bits per heavy atom. The van der Waals surface area contributed by atoms with Gasteiger partial charge in [-0.15, -0.1) is 0 Å². The Hall–Kier alpha value is -2.32. The minimum absolute atomic E-state index is 0.0618. The van der Waals surface area contributed by atoms with Gasteiger partial charge in [0.05, 0.1) is 18.3 Å². The number of halogens is 1. The second-order valence-electron chi connectivity index (χ2n) is 8.93. The smallest absolute Gasteiger partial charge is 0.291 e. The Morgan fingerprint density at radius 2 is 2.10 bits per heavy atom. The summed E-state index contributed by atoms with van der Waals surface area (Å²) in [7, 11) is 0.